The second kappa shape index (κ2) is 9.89. The number of benzene rings is 3. The Labute approximate surface area is 191 Å². The summed E-state index contributed by atoms with van der Waals surface area (Å²) in [4.78, 5) is 16.9. The Kier molecular flexibility index (Phi) is 6.79. The fourth-order valence-corrected chi connectivity index (χ4v) is 4.22. The van der Waals surface area contributed by atoms with Gasteiger partial charge in [0, 0.05) is 10.0 Å². The second-order valence-electron chi connectivity index (χ2n) is 6.70. The maximum atomic E-state index is 13.7. The van der Waals surface area contributed by atoms with Gasteiger partial charge in [-0.15, -0.1) is 0 Å². The SMILES string of the molecule is O=C(CSc1nc2ccccc2n1Cc1ccccc1)NN=Cc1cc(Br)ccc1F. The number of nitrogens with one attached hydrogen (secondary N) is 1. The molecular weight excluding hydrogens is 479 g/mol. The maximum Gasteiger partial charge on any atom is 0.250 e. The lowest BCUT2D eigenvalue weighted by Gasteiger charge is -2.09. The van der Waals surface area contributed by atoms with Crippen molar-refractivity contribution in [2.24, 2.45) is 5.10 Å². The molecule has 1 amide bonds. The molecule has 0 aliphatic rings. The highest BCUT2D eigenvalue weighted by molar-refractivity contribution is 9.10. The number of carbonyl (C=O) groups is 1. The van der Waals surface area contributed by atoms with E-state index in [4.69, 9.17) is 0 Å². The molecule has 0 atom stereocenters. The van der Waals surface area contributed by atoms with Crippen molar-refractivity contribution in [1.82, 2.24) is 15.0 Å². The molecule has 5 nitrogen and oxygen atoms in total. The number of aromatic nitrogens is 2. The third kappa shape index (κ3) is 5.39. The van der Waals surface area contributed by atoms with Crippen molar-refractivity contribution >= 4 is 50.8 Å². The third-order valence-corrected chi connectivity index (χ3v) is 5.96. The summed E-state index contributed by atoms with van der Waals surface area (Å²) in [5.74, 6) is -0.573. The van der Waals surface area contributed by atoms with Gasteiger partial charge < -0.3 is 4.57 Å². The molecule has 0 fully saturated rings. The standard InChI is InChI=1S/C23H18BrFN4OS/c24-18-10-11-19(25)17(12-18)13-26-28-22(30)15-31-23-27-20-8-4-5-9-21(20)29(23)14-16-6-2-1-3-7-16/h1-13H,14-15H2,(H,28,30). The molecule has 4 aromatic rings. The average Bonchev–Trinajstić information content (AvgIpc) is 3.13. The summed E-state index contributed by atoms with van der Waals surface area (Å²) in [6.07, 6.45) is 1.29. The van der Waals surface area contributed by atoms with Gasteiger partial charge in [-0.05, 0) is 35.9 Å². The van der Waals surface area contributed by atoms with E-state index >= 15 is 0 Å². The molecule has 0 saturated carbocycles. The van der Waals surface area contributed by atoms with E-state index in [1.807, 2.05) is 42.5 Å². The zero-order valence-electron chi connectivity index (χ0n) is 16.3. The summed E-state index contributed by atoms with van der Waals surface area (Å²) < 4.78 is 16.6. The van der Waals surface area contributed by atoms with Crippen LogP contribution in [0.3, 0.4) is 0 Å². The largest absolute Gasteiger partial charge is 0.314 e. The van der Waals surface area contributed by atoms with Gasteiger partial charge >= 0.3 is 0 Å². The minimum atomic E-state index is -0.412. The Bertz CT molecular complexity index is 1240. The normalized spacial score (nSPS) is 11.3. The Balaban J connectivity index is 1.44. The third-order valence-electron chi connectivity index (χ3n) is 4.49. The first kappa shape index (κ1) is 21.3. The van der Waals surface area contributed by atoms with E-state index in [0.717, 1.165) is 26.2 Å². The van der Waals surface area contributed by atoms with Crippen LogP contribution < -0.4 is 5.43 Å². The number of imidazole rings is 1. The average molecular weight is 497 g/mol. The number of hydrogen-bond acceptors (Lipinski definition) is 4. The maximum absolute atomic E-state index is 13.7. The molecule has 0 bridgehead atoms. The zero-order chi connectivity index (χ0) is 21.6. The number of nitrogens with zero attached hydrogens (tertiary/aromatic N) is 3. The number of halogens is 2. The van der Waals surface area contributed by atoms with Crippen molar-refractivity contribution in [3.63, 3.8) is 0 Å². The summed E-state index contributed by atoms with van der Waals surface area (Å²) in [6, 6.07) is 22.5. The van der Waals surface area contributed by atoms with Crippen molar-refractivity contribution in [3.8, 4) is 0 Å². The smallest absolute Gasteiger partial charge is 0.250 e. The van der Waals surface area contributed by atoms with Gasteiger partial charge in [0.05, 0.1) is 29.5 Å². The van der Waals surface area contributed by atoms with Crippen LogP contribution in [-0.4, -0.2) is 27.4 Å². The van der Waals surface area contributed by atoms with Crippen LogP contribution in [0, 0.1) is 5.82 Å². The number of thioether (sulfide) groups is 1. The van der Waals surface area contributed by atoms with Crippen molar-refractivity contribution in [1.29, 1.82) is 0 Å². The van der Waals surface area contributed by atoms with Gasteiger partial charge in [-0.2, -0.15) is 5.10 Å². The van der Waals surface area contributed by atoms with E-state index in [1.165, 1.54) is 24.0 Å². The molecule has 3 aromatic carbocycles. The molecular formula is C23H18BrFN4OS. The summed E-state index contributed by atoms with van der Waals surface area (Å²) in [7, 11) is 0. The quantitative estimate of drug-likeness (QED) is 0.216. The Morgan fingerprint density at radius 1 is 1.13 bits per heavy atom. The van der Waals surface area contributed by atoms with Crippen LogP contribution in [0.5, 0.6) is 0 Å². The van der Waals surface area contributed by atoms with E-state index in [2.05, 4.69) is 48.1 Å². The molecule has 1 N–H and O–H groups in total. The molecule has 31 heavy (non-hydrogen) atoms. The van der Waals surface area contributed by atoms with E-state index < -0.39 is 5.82 Å². The second-order valence-corrected chi connectivity index (χ2v) is 8.56. The first-order valence-electron chi connectivity index (χ1n) is 9.49. The van der Waals surface area contributed by atoms with Gasteiger partial charge in [0.15, 0.2) is 5.16 Å². The van der Waals surface area contributed by atoms with Crippen LogP contribution in [0.15, 0.2) is 87.5 Å². The Morgan fingerprint density at radius 3 is 2.74 bits per heavy atom. The highest BCUT2D eigenvalue weighted by atomic mass is 79.9. The number of carbonyl (C=O) groups excluding carboxylic acids is 1. The molecule has 1 aromatic heterocycles. The van der Waals surface area contributed by atoms with Gasteiger partial charge in [-0.3, -0.25) is 4.79 Å². The summed E-state index contributed by atoms with van der Waals surface area (Å²) >= 11 is 4.62. The molecule has 8 heteroatoms. The summed E-state index contributed by atoms with van der Waals surface area (Å²) in [5.41, 5.74) is 5.77. The van der Waals surface area contributed by atoms with Gasteiger partial charge in [0.2, 0.25) is 0 Å². The van der Waals surface area contributed by atoms with Crippen LogP contribution in [0.4, 0.5) is 4.39 Å². The number of hydrogen-bond donors (Lipinski definition) is 1. The first-order chi connectivity index (χ1) is 15.1. The van der Waals surface area contributed by atoms with Crippen LogP contribution in [0.2, 0.25) is 0 Å². The lowest BCUT2D eigenvalue weighted by molar-refractivity contribution is -0.118. The number of rotatable bonds is 7. The van der Waals surface area contributed by atoms with Crippen molar-refractivity contribution in [2.75, 3.05) is 5.75 Å². The molecule has 0 unspecified atom stereocenters. The van der Waals surface area contributed by atoms with Crippen molar-refractivity contribution in [2.45, 2.75) is 11.7 Å². The molecule has 0 spiro atoms. The highest BCUT2D eigenvalue weighted by Gasteiger charge is 2.13. The Hall–Kier alpha value is -2.97. The predicted molar refractivity (Wildman–Crippen MR) is 126 cm³/mol. The fraction of sp³-hybridized carbons (Fsp3) is 0.0870. The minimum absolute atomic E-state index is 0.135. The molecule has 1 heterocycles. The summed E-state index contributed by atoms with van der Waals surface area (Å²) in [5, 5.41) is 4.61. The number of amides is 1. The molecule has 4 rings (SSSR count). The Morgan fingerprint density at radius 2 is 1.90 bits per heavy atom. The number of hydrazone groups is 1. The van der Waals surface area contributed by atoms with Gasteiger partial charge in [0.1, 0.15) is 5.82 Å². The molecule has 0 radical (unpaired) electrons. The van der Waals surface area contributed by atoms with Crippen LogP contribution in [0.1, 0.15) is 11.1 Å². The first-order valence-corrected chi connectivity index (χ1v) is 11.3. The fourth-order valence-electron chi connectivity index (χ4n) is 3.03. The van der Waals surface area contributed by atoms with E-state index in [1.54, 1.807) is 12.1 Å². The predicted octanol–water partition coefficient (Wildman–Crippen LogP) is 5.23. The van der Waals surface area contributed by atoms with Crippen LogP contribution >= 0.6 is 27.7 Å². The van der Waals surface area contributed by atoms with Crippen LogP contribution in [0.25, 0.3) is 11.0 Å². The monoisotopic (exact) mass is 496 g/mol. The topological polar surface area (TPSA) is 59.3 Å². The number of fused-ring (bicyclic) bond motifs is 1. The molecule has 0 saturated heterocycles. The minimum Gasteiger partial charge on any atom is -0.314 e. The number of para-hydroxylation sites is 2. The zero-order valence-corrected chi connectivity index (χ0v) is 18.7. The van der Waals surface area contributed by atoms with E-state index in [0.29, 0.717) is 6.54 Å². The molecule has 0 aliphatic heterocycles. The lowest BCUT2D eigenvalue weighted by atomic mass is 10.2. The molecule has 156 valence electrons. The van der Waals surface area contributed by atoms with E-state index in [9.17, 15) is 9.18 Å². The lowest BCUT2D eigenvalue weighted by Crippen LogP contribution is -2.20. The molecule has 0 aliphatic carbocycles. The van der Waals surface area contributed by atoms with Gasteiger partial charge in [0.25, 0.3) is 5.91 Å². The van der Waals surface area contributed by atoms with E-state index in [-0.39, 0.29) is 17.2 Å². The van der Waals surface area contributed by atoms with Crippen molar-refractivity contribution < 1.29 is 9.18 Å². The van der Waals surface area contributed by atoms with Gasteiger partial charge in [-0.1, -0.05) is 70.2 Å². The highest BCUT2D eigenvalue weighted by Crippen LogP contribution is 2.25. The van der Waals surface area contributed by atoms with Gasteiger partial charge in [-0.25, -0.2) is 14.8 Å². The van der Waals surface area contributed by atoms with Crippen molar-refractivity contribution in [3.05, 3.63) is 94.2 Å². The van der Waals surface area contributed by atoms with Crippen LogP contribution in [-0.2, 0) is 11.3 Å². The summed E-state index contributed by atoms with van der Waals surface area (Å²) in [6.45, 7) is 0.658.